The van der Waals surface area contributed by atoms with Gasteiger partial charge in [0.2, 0.25) is 0 Å². The summed E-state index contributed by atoms with van der Waals surface area (Å²) in [6.45, 7) is 0. The number of aromatic amines is 1. The Morgan fingerprint density at radius 1 is 0.825 bits per heavy atom. The number of nitriles is 1. The Hall–Kier alpha value is -2.52. The molecular weight excluding hydrogens is 962 g/mol. The van der Waals surface area contributed by atoms with Crippen molar-refractivity contribution in [1.82, 2.24) is 4.98 Å². The van der Waals surface area contributed by atoms with Crippen molar-refractivity contribution >= 4 is 45.4 Å². The van der Waals surface area contributed by atoms with Crippen LogP contribution in [0.4, 0.5) is 22.9 Å². The van der Waals surface area contributed by atoms with Gasteiger partial charge in [-0.2, -0.15) is 5.26 Å². The van der Waals surface area contributed by atoms with Crippen LogP contribution in [0.2, 0.25) is 5.02 Å². The molecule has 1 heterocycles. The zero-order chi connectivity index (χ0) is 27.2. The zero-order valence-corrected chi connectivity index (χ0v) is 31.0. The third-order valence-corrected chi connectivity index (χ3v) is 5.51. The van der Waals surface area contributed by atoms with E-state index in [1.54, 1.807) is 60.7 Å². The molecule has 0 unspecified atom stereocenters. The molecule has 2 radical (unpaired) electrons. The Balaban J connectivity index is 0.000000268. The van der Waals surface area contributed by atoms with Crippen molar-refractivity contribution in [2.45, 2.75) is 0 Å². The zero-order valence-electron chi connectivity index (χ0n) is 20.7. The van der Waals surface area contributed by atoms with Crippen LogP contribution in [0, 0.1) is 110 Å². The summed E-state index contributed by atoms with van der Waals surface area (Å²) in [4.78, 5) is 13.0. The molecule has 0 bridgehead atoms. The minimum Gasteiger partial charge on any atom is -0.699 e. The minimum atomic E-state index is -0.555. The standard InChI is InChI=1S/C15H11N4O.C12H8ClN2O3.2Ac/c16-8-13-12-7-11(5-6-14(12)19-15(13)18)20-10-3-1-9(17)2-4-10;13-11-7-10(5-6-12(11)15(16)17)18-9-3-1-8(14)2-4-9;;/h1-7,17,19H,18H2;1-7,14H;;/q2*-1;;. The third-order valence-electron chi connectivity index (χ3n) is 5.21. The molecule has 5 rings (SSSR count). The van der Waals surface area contributed by atoms with Crippen molar-refractivity contribution in [1.29, 1.82) is 5.26 Å². The molecule has 5 aromatic rings. The van der Waals surface area contributed by atoms with E-state index in [9.17, 15) is 10.1 Å². The molecule has 0 aliphatic carbocycles. The molecule has 0 saturated carbocycles. The van der Waals surface area contributed by atoms with E-state index < -0.39 is 4.92 Å². The molecule has 0 spiro atoms. The van der Waals surface area contributed by atoms with Gasteiger partial charge in [-0.15, -0.1) is 11.4 Å². The van der Waals surface area contributed by atoms with Crippen molar-refractivity contribution in [3.8, 4) is 29.1 Å². The SMILES string of the molecule is N#Cc1c(N)[nH]c2ccc(Oc3ccc([NH-])cc3)cc12.[Ac].[Ac].[NH-]c1ccc(Oc2ccc([N+](=O)[O-])c(Cl)c2)cc1. The van der Waals surface area contributed by atoms with E-state index in [0.717, 1.165) is 10.9 Å². The molecule has 196 valence electrons. The van der Waals surface area contributed by atoms with Crippen molar-refractivity contribution < 1.29 is 103 Å². The first-order chi connectivity index (χ1) is 18.2. The monoisotopic (exact) mass is 980 g/mol. The second-order valence-electron chi connectivity index (χ2n) is 7.86. The number of rotatable bonds is 5. The summed E-state index contributed by atoms with van der Waals surface area (Å²) in [6, 6.07) is 24.8. The average Bonchev–Trinajstić information content (AvgIpc) is 3.21. The number of nitrogen functional groups attached to an aromatic ring is 1. The largest absolute Gasteiger partial charge is 0.699 e. The Morgan fingerprint density at radius 2 is 1.30 bits per heavy atom. The first-order valence-electron chi connectivity index (χ1n) is 11.0. The van der Waals surface area contributed by atoms with Crippen molar-refractivity contribution in [2.24, 2.45) is 0 Å². The number of anilines is 1. The number of nitrogens with one attached hydrogen (secondary N) is 3. The minimum absolute atomic E-state index is 0. The Morgan fingerprint density at radius 3 is 1.77 bits per heavy atom. The summed E-state index contributed by atoms with van der Waals surface area (Å²) in [5, 5.41) is 20.5. The summed E-state index contributed by atoms with van der Waals surface area (Å²) < 4.78 is 11.2. The van der Waals surface area contributed by atoms with Gasteiger partial charge in [-0.1, -0.05) is 35.9 Å². The van der Waals surface area contributed by atoms with E-state index in [1.165, 1.54) is 18.2 Å². The molecular formula is C27H19Ac2ClN6O4-2. The van der Waals surface area contributed by atoms with Crippen LogP contribution in [0.5, 0.6) is 23.0 Å². The van der Waals surface area contributed by atoms with Crippen LogP contribution in [0.1, 0.15) is 5.56 Å². The Kier molecular flexibility index (Phi) is 13.0. The number of nitro groups is 1. The molecule has 4 aromatic carbocycles. The first-order valence-corrected chi connectivity index (χ1v) is 11.4. The van der Waals surface area contributed by atoms with Crippen LogP contribution >= 0.6 is 11.6 Å². The van der Waals surface area contributed by atoms with Gasteiger partial charge in [0, 0.05) is 111 Å². The van der Waals surface area contributed by atoms with Crippen molar-refractivity contribution in [3.63, 3.8) is 0 Å². The number of H-pyrrole nitrogens is 1. The third kappa shape index (κ3) is 8.74. The molecule has 5 N–H and O–H groups in total. The van der Waals surface area contributed by atoms with Crippen LogP contribution in [0.25, 0.3) is 22.4 Å². The number of benzene rings is 4. The topological polar surface area (TPSA) is 175 Å². The van der Waals surface area contributed by atoms with Gasteiger partial charge in [0.15, 0.2) is 0 Å². The first kappa shape index (κ1) is 33.7. The number of nitrogens with two attached hydrogens (primary N) is 1. The molecule has 0 saturated heterocycles. The van der Waals surface area contributed by atoms with Gasteiger partial charge < -0.3 is 31.7 Å². The molecule has 0 amide bonds. The van der Waals surface area contributed by atoms with E-state index >= 15 is 0 Å². The number of halogens is 1. The Labute approximate surface area is 306 Å². The second kappa shape index (κ2) is 15.5. The van der Waals surface area contributed by atoms with Gasteiger partial charge >= 0.3 is 0 Å². The molecule has 0 atom stereocenters. The van der Waals surface area contributed by atoms with Gasteiger partial charge in [0.1, 0.15) is 45.5 Å². The molecule has 1 aromatic heterocycles. The summed E-state index contributed by atoms with van der Waals surface area (Å²) in [7, 11) is 0. The predicted molar refractivity (Wildman–Crippen MR) is 147 cm³/mol. The maximum absolute atomic E-state index is 10.6. The second-order valence-corrected chi connectivity index (χ2v) is 8.26. The summed E-state index contributed by atoms with van der Waals surface area (Å²) in [6.07, 6.45) is 0. The van der Waals surface area contributed by atoms with Gasteiger partial charge in [-0.05, 0) is 48.5 Å². The molecule has 0 fully saturated rings. The van der Waals surface area contributed by atoms with Gasteiger partial charge in [-0.25, -0.2) is 0 Å². The van der Waals surface area contributed by atoms with Crippen molar-refractivity contribution in [3.05, 3.63) is 117 Å². The number of hydrogen-bond donors (Lipinski definition) is 2. The van der Waals surface area contributed by atoms with Gasteiger partial charge in [-0.3, -0.25) is 10.1 Å². The molecule has 40 heavy (non-hydrogen) atoms. The van der Waals surface area contributed by atoms with Gasteiger partial charge in [0.25, 0.3) is 5.69 Å². The fourth-order valence-electron chi connectivity index (χ4n) is 3.39. The fraction of sp³-hybridized carbons (Fsp3) is 0. The van der Waals surface area contributed by atoms with E-state index in [2.05, 4.69) is 11.1 Å². The summed E-state index contributed by atoms with van der Waals surface area (Å²) in [5.74, 6) is 2.56. The van der Waals surface area contributed by atoms with Crippen LogP contribution in [0.3, 0.4) is 0 Å². The molecule has 13 heteroatoms. The normalized spacial score (nSPS) is 9.70. The fourth-order valence-corrected chi connectivity index (χ4v) is 3.63. The van der Waals surface area contributed by atoms with Gasteiger partial charge in [0.05, 0.1) is 4.92 Å². The molecule has 0 aliphatic heterocycles. The smallest absolute Gasteiger partial charge is 0.288 e. The number of nitrogens with zero attached hydrogens (tertiary/aromatic N) is 2. The van der Waals surface area contributed by atoms with Crippen LogP contribution in [0.15, 0.2) is 84.9 Å². The van der Waals surface area contributed by atoms with E-state index in [4.69, 9.17) is 43.5 Å². The number of nitro benzene ring substituents is 1. The number of hydrogen-bond acceptors (Lipinski definition) is 6. The van der Waals surface area contributed by atoms with E-state index in [-0.39, 0.29) is 98.8 Å². The maximum atomic E-state index is 10.6. The number of aromatic nitrogens is 1. The number of fused-ring (bicyclic) bond motifs is 1. The predicted octanol–water partition coefficient (Wildman–Crippen LogP) is 8.82. The average molecular weight is 981 g/mol. The Bertz CT molecular complexity index is 1660. The quantitative estimate of drug-likeness (QED) is 0.131. The van der Waals surface area contributed by atoms with Crippen LogP contribution in [-0.2, 0) is 0 Å². The van der Waals surface area contributed by atoms with Crippen molar-refractivity contribution in [2.75, 3.05) is 5.73 Å². The summed E-state index contributed by atoms with van der Waals surface area (Å²) in [5.41, 5.74) is 22.4. The van der Waals surface area contributed by atoms with Crippen LogP contribution < -0.4 is 15.2 Å². The van der Waals surface area contributed by atoms with E-state index in [1.807, 2.05) is 6.07 Å². The molecule has 0 aliphatic rings. The number of ether oxygens (including phenoxy) is 2. The maximum Gasteiger partial charge on any atom is 0.288 e. The van der Waals surface area contributed by atoms with Crippen LogP contribution in [-0.4, -0.2) is 9.91 Å². The van der Waals surface area contributed by atoms with E-state index in [0.29, 0.717) is 45.8 Å². The molecule has 10 nitrogen and oxygen atoms in total. The summed E-state index contributed by atoms with van der Waals surface area (Å²) >= 11 is 5.76.